The van der Waals surface area contributed by atoms with Crippen LogP contribution < -0.4 is 21.7 Å². The number of amides is 3. The van der Waals surface area contributed by atoms with E-state index in [-0.39, 0.29) is 5.57 Å². The van der Waals surface area contributed by atoms with E-state index in [1.54, 1.807) is 24.3 Å². The molecule has 1 rings (SSSR count). The minimum Gasteiger partial charge on any atom is -0.366 e. The molecule has 1 aromatic carbocycles. The van der Waals surface area contributed by atoms with E-state index in [1.165, 1.54) is 11.8 Å². The highest BCUT2D eigenvalue weighted by Crippen LogP contribution is 2.23. The molecule has 0 bridgehead atoms. The van der Waals surface area contributed by atoms with Crippen LogP contribution in [0.5, 0.6) is 0 Å². The summed E-state index contributed by atoms with van der Waals surface area (Å²) in [5.41, 5.74) is 6.94. The summed E-state index contributed by atoms with van der Waals surface area (Å²) >= 11 is 7.23. The van der Waals surface area contributed by atoms with Gasteiger partial charge in [0.15, 0.2) is 0 Å². The maximum absolute atomic E-state index is 12.4. The van der Waals surface area contributed by atoms with Gasteiger partial charge in [0, 0.05) is 17.3 Å². The van der Waals surface area contributed by atoms with Crippen LogP contribution in [0.2, 0.25) is 5.02 Å². The average molecular weight is 411 g/mol. The number of hydrogen-bond acceptors (Lipinski definition) is 4. The van der Waals surface area contributed by atoms with Crippen molar-refractivity contribution in [1.29, 1.82) is 0 Å². The Balaban J connectivity index is 3.01. The number of carbonyl (C=O) groups is 2. The number of thioether (sulfide) groups is 1. The molecule has 27 heavy (non-hydrogen) atoms. The maximum atomic E-state index is 12.4. The molecule has 6 nitrogen and oxygen atoms in total. The Morgan fingerprint density at radius 2 is 1.89 bits per heavy atom. The monoisotopic (exact) mass is 410 g/mol. The first-order valence-electron chi connectivity index (χ1n) is 8.78. The summed E-state index contributed by atoms with van der Waals surface area (Å²) in [7, 11) is 0. The molecule has 5 N–H and O–H groups in total. The van der Waals surface area contributed by atoms with Crippen LogP contribution >= 0.6 is 23.4 Å². The van der Waals surface area contributed by atoms with Gasteiger partial charge in [-0.1, -0.05) is 38.4 Å². The van der Waals surface area contributed by atoms with E-state index in [1.807, 2.05) is 6.92 Å². The van der Waals surface area contributed by atoms with Crippen molar-refractivity contribution < 1.29 is 9.59 Å². The summed E-state index contributed by atoms with van der Waals surface area (Å²) in [4.78, 5) is 24.4. The normalized spacial score (nSPS) is 11.5. The number of urea groups is 1. The molecule has 0 spiro atoms. The smallest absolute Gasteiger partial charge is 0.324 e. The lowest BCUT2D eigenvalue weighted by atomic mass is 10.1. The second kappa shape index (κ2) is 12.4. The van der Waals surface area contributed by atoms with Crippen LogP contribution in [0.3, 0.4) is 0 Å². The quantitative estimate of drug-likeness (QED) is 0.253. The van der Waals surface area contributed by atoms with Crippen LogP contribution in [0.4, 0.5) is 10.5 Å². The molecule has 8 heteroatoms. The number of hydrogen-bond donors (Lipinski definition) is 4. The summed E-state index contributed by atoms with van der Waals surface area (Å²) in [5.74, 6) is 0.127. The minimum absolute atomic E-state index is 0.239. The van der Waals surface area contributed by atoms with Crippen LogP contribution in [0.1, 0.15) is 26.7 Å². The highest BCUT2D eigenvalue weighted by atomic mass is 35.5. The predicted octanol–water partition coefficient (Wildman–Crippen LogP) is 3.86. The van der Waals surface area contributed by atoms with Crippen molar-refractivity contribution in [3.05, 3.63) is 52.0 Å². The van der Waals surface area contributed by atoms with Gasteiger partial charge in [-0.15, -0.1) is 11.8 Å². The van der Waals surface area contributed by atoms with Crippen molar-refractivity contribution >= 4 is 41.0 Å². The van der Waals surface area contributed by atoms with E-state index >= 15 is 0 Å². The number of primary amides is 1. The molecule has 1 aromatic rings. The van der Waals surface area contributed by atoms with E-state index in [2.05, 4.69) is 29.5 Å². The second-order valence-corrected chi connectivity index (χ2v) is 7.28. The maximum Gasteiger partial charge on any atom is 0.324 e. The fourth-order valence-electron chi connectivity index (χ4n) is 2.10. The summed E-state index contributed by atoms with van der Waals surface area (Å²) in [6.45, 7) is 9.11. The predicted molar refractivity (Wildman–Crippen MR) is 115 cm³/mol. The average Bonchev–Trinajstić information content (AvgIpc) is 2.61. The molecule has 0 aliphatic carbocycles. The van der Waals surface area contributed by atoms with Crippen molar-refractivity contribution in [2.45, 2.75) is 26.7 Å². The molecule has 0 heterocycles. The number of nitrogens with two attached hydrogens (primary N) is 1. The SMILES string of the molecule is C=C(CNCC)/C(C(N)=O)=C(/NC(=O)Nc1ccc(Cl)cc1)SCCCC. The Bertz CT molecular complexity index is 689. The van der Waals surface area contributed by atoms with Gasteiger partial charge in [0.2, 0.25) is 0 Å². The van der Waals surface area contributed by atoms with E-state index in [0.717, 1.165) is 25.1 Å². The number of benzene rings is 1. The highest BCUT2D eigenvalue weighted by Gasteiger charge is 2.18. The zero-order chi connectivity index (χ0) is 20.2. The summed E-state index contributed by atoms with van der Waals surface area (Å²) in [6.07, 6.45) is 1.95. The van der Waals surface area contributed by atoms with Crippen molar-refractivity contribution in [2.24, 2.45) is 5.73 Å². The van der Waals surface area contributed by atoms with Gasteiger partial charge >= 0.3 is 6.03 Å². The fourth-order valence-corrected chi connectivity index (χ4v) is 3.42. The van der Waals surface area contributed by atoms with Gasteiger partial charge in [0.05, 0.1) is 10.6 Å². The molecule has 148 valence electrons. The van der Waals surface area contributed by atoms with E-state index in [4.69, 9.17) is 17.3 Å². The van der Waals surface area contributed by atoms with Crippen LogP contribution in [0.25, 0.3) is 0 Å². The molecule has 0 aliphatic heterocycles. The van der Waals surface area contributed by atoms with Gasteiger partial charge in [-0.25, -0.2) is 4.79 Å². The molecule has 0 atom stereocenters. The molecule has 0 aromatic heterocycles. The zero-order valence-electron chi connectivity index (χ0n) is 15.7. The molecule has 0 saturated heterocycles. The number of rotatable bonds is 11. The molecule has 0 aliphatic rings. The Labute approximate surface area is 170 Å². The van der Waals surface area contributed by atoms with Gasteiger partial charge in [-0.3, -0.25) is 4.79 Å². The highest BCUT2D eigenvalue weighted by molar-refractivity contribution is 8.03. The van der Waals surface area contributed by atoms with Crippen molar-refractivity contribution in [1.82, 2.24) is 10.6 Å². The summed E-state index contributed by atoms with van der Waals surface area (Å²) < 4.78 is 0. The van der Waals surface area contributed by atoms with Crippen LogP contribution in [-0.2, 0) is 4.79 Å². The van der Waals surface area contributed by atoms with Crippen molar-refractivity contribution in [2.75, 3.05) is 24.2 Å². The lowest BCUT2D eigenvalue weighted by molar-refractivity contribution is -0.114. The number of carbonyl (C=O) groups excluding carboxylic acids is 2. The molecular formula is C19H27ClN4O2S. The van der Waals surface area contributed by atoms with Crippen LogP contribution in [-0.4, -0.2) is 30.8 Å². The van der Waals surface area contributed by atoms with E-state index < -0.39 is 11.9 Å². The first-order chi connectivity index (χ1) is 12.9. The van der Waals surface area contributed by atoms with Crippen molar-refractivity contribution in [3.63, 3.8) is 0 Å². The molecular weight excluding hydrogens is 384 g/mol. The van der Waals surface area contributed by atoms with Crippen LogP contribution in [0, 0.1) is 0 Å². The van der Waals surface area contributed by atoms with Gasteiger partial charge in [-0.2, -0.15) is 0 Å². The van der Waals surface area contributed by atoms with E-state index in [0.29, 0.717) is 27.9 Å². The molecule has 0 radical (unpaired) electrons. The van der Waals surface area contributed by atoms with Crippen LogP contribution in [0.15, 0.2) is 47.0 Å². The van der Waals surface area contributed by atoms with Gasteiger partial charge < -0.3 is 21.7 Å². The lowest BCUT2D eigenvalue weighted by Crippen LogP contribution is -2.32. The van der Waals surface area contributed by atoms with Gasteiger partial charge in [-0.05, 0) is 48.6 Å². The van der Waals surface area contributed by atoms with Gasteiger partial charge in [0.1, 0.15) is 0 Å². The number of likely N-dealkylation sites (N-methyl/N-ethyl adjacent to an activating group) is 1. The largest absolute Gasteiger partial charge is 0.366 e. The molecule has 3 amide bonds. The number of nitrogens with one attached hydrogen (secondary N) is 3. The Morgan fingerprint density at radius 1 is 1.22 bits per heavy atom. The number of halogens is 1. The number of unbranched alkanes of at least 4 members (excludes halogenated alkanes) is 1. The zero-order valence-corrected chi connectivity index (χ0v) is 17.3. The summed E-state index contributed by atoms with van der Waals surface area (Å²) in [5, 5.41) is 9.56. The Kier molecular flexibility index (Phi) is 10.6. The topological polar surface area (TPSA) is 96.2 Å². The first-order valence-corrected chi connectivity index (χ1v) is 10.1. The van der Waals surface area contributed by atoms with Crippen molar-refractivity contribution in [3.8, 4) is 0 Å². The third-order valence-corrected chi connectivity index (χ3v) is 4.83. The fraction of sp³-hybridized carbons (Fsp3) is 0.368. The third-order valence-electron chi connectivity index (χ3n) is 3.49. The molecule has 0 unspecified atom stereocenters. The second-order valence-electron chi connectivity index (χ2n) is 5.74. The third kappa shape index (κ3) is 8.51. The number of anilines is 1. The lowest BCUT2D eigenvalue weighted by Gasteiger charge is -2.17. The Hall–Kier alpha value is -1.96. The Morgan fingerprint density at radius 3 is 2.44 bits per heavy atom. The molecule has 0 fully saturated rings. The van der Waals surface area contributed by atoms with E-state index in [9.17, 15) is 9.59 Å². The van der Waals surface area contributed by atoms with Gasteiger partial charge in [0.25, 0.3) is 5.91 Å². The minimum atomic E-state index is -0.622. The standard InChI is InChI=1S/C19H27ClN4O2S/c1-4-6-11-27-18(16(17(21)25)13(3)12-22-5-2)24-19(26)23-15-9-7-14(20)8-10-15/h7-10,22H,3-6,11-12H2,1-2H3,(H2,21,25)(H2,23,24,26)/b18-16+. The first kappa shape index (κ1) is 23.1. The summed E-state index contributed by atoms with van der Waals surface area (Å²) in [6, 6.07) is 6.27. The molecule has 0 saturated carbocycles.